The summed E-state index contributed by atoms with van der Waals surface area (Å²) in [5, 5.41) is 33.1. The molecule has 1 saturated carbocycles. The zero-order chi connectivity index (χ0) is 40.2. The first-order valence-corrected chi connectivity index (χ1v) is 20.2. The third kappa shape index (κ3) is 6.83. The number of benzene rings is 3. The maximum atomic E-state index is 15.0. The number of ketones is 2. The summed E-state index contributed by atoms with van der Waals surface area (Å²) in [7, 11) is 3.67. The van der Waals surface area contributed by atoms with Crippen LogP contribution in [0.1, 0.15) is 96.9 Å². The largest absolute Gasteiger partial charge is 0.507 e. The number of Topliss-reactive ketones (excluding diaryl/α,β-unsaturated/α-hetero) is 2. The molecule has 0 bridgehead atoms. The van der Waals surface area contributed by atoms with E-state index in [-0.39, 0.29) is 59.6 Å². The molecule has 8 rings (SSSR count). The number of aliphatic hydroxyl groups is 2. The Kier molecular flexibility index (Phi) is 10.3. The normalized spacial score (nSPS) is 23.6. The van der Waals surface area contributed by atoms with E-state index in [9.17, 15) is 15.0 Å². The number of ether oxygens (including phenoxy) is 2. The summed E-state index contributed by atoms with van der Waals surface area (Å²) in [5.41, 5.74) is 2.86. The van der Waals surface area contributed by atoms with Crippen LogP contribution >= 0.6 is 0 Å². The number of hydrogen-bond acceptors (Lipinski definition) is 11. The standard InChI is InChI=1S/C46H54N4O7/c1-27(45(2,3)4)47-24-31-23-34(55-25-28-15-9-7-10-16-28)36-32(38(31)50-19-13-14-20-50)21-30-22-33-39(49(5)6)41-37(43(53)46(33,54)42(52)35(30)40(36)51)44(48-57-41)56-26-29-17-11-8-12-18-29/h7-12,15-18,23,27,30,33,39,47,51,54H,13-14,19-22,24-26H2,1-6H3/t27-,30+,33+,39+,46+/m1/s1. The third-order valence-corrected chi connectivity index (χ3v) is 12.7. The van der Waals surface area contributed by atoms with Crippen LogP contribution in [0, 0.1) is 17.3 Å². The van der Waals surface area contributed by atoms with Gasteiger partial charge in [0.05, 0.1) is 11.6 Å². The SMILES string of the molecule is C[C@@H](NCc1cc(OCc2ccccc2)c2c(c1N1CCCC1)C[C@H]1C[C@H]3[C@H](N(C)C)c4onc(OCc5ccccc5)c4C(=O)[C@@]3(O)C(=O)C1=C2O)C(C)(C)C. The number of carbonyl (C=O) groups excluding carboxylic acids is 2. The average molecular weight is 775 g/mol. The first-order valence-electron chi connectivity index (χ1n) is 20.2. The molecule has 3 aromatic carbocycles. The van der Waals surface area contributed by atoms with Crippen molar-refractivity contribution in [1.82, 2.24) is 15.4 Å². The van der Waals surface area contributed by atoms with E-state index in [1.807, 2.05) is 85.7 Å². The number of rotatable bonds is 11. The van der Waals surface area contributed by atoms with Gasteiger partial charge in [0.1, 0.15) is 30.3 Å². The van der Waals surface area contributed by atoms with Crippen molar-refractivity contribution in [1.29, 1.82) is 0 Å². The lowest BCUT2D eigenvalue weighted by molar-refractivity contribution is -0.142. The van der Waals surface area contributed by atoms with E-state index in [0.717, 1.165) is 53.9 Å². The molecule has 2 heterocycles. The van der Waals surface area contributed by atoms with E-state index in [2.05, 4.69) is 43.1 Å². The molecule has 5 atom stereocenters. The molecule has 0 amide bonds. The van der Waals surface area contributed by atoms with Gasteiger partial charge in [0.25, 0.3) is 5.88 Å². The number of carbonyl (C=O) groups is 2. The lowest BCUT2D eigenvalue weighted by Crippen LogP contribution is -2.63. The molecule has 0 unspecified atom stereocenters. The minimum atomic E-state index is -2.49. The van der Waals surface area contributed by atoms with Crippen molar-refractivity contribution < 1.29 is 33.8 Å². The summed E-state index contributed by atoms with van der Waals surface area (Å²) < 4.78 is 18.5. The number of nitrogens with zero attached hydrogens (tertiary/aromatic N) is 3. The molecule has 1 saturated heterocycles. The van der Waals surface area contributed by atoms with Crippen molar-refractivity contribution in [2.24, 2.45) is 17.3 Å². The zero-order valence-corrected chi connectivity index (χ0v) is 33.8. The molecule has 0 spiro atoms. The summed E-state index contributed by atoms with van der Waals surface area (Å²) in [4.78, 5) is 34.0. The molecule has 1 aromatic heterocycles. The van der Waals surface area contributed by atoms with Gasteiger partial charge in [-0.1, -0.05) is 81.4 Å². The van der Waals surface area contributed by atoms with Crippen LogP contribution in [0.3, 0.4) is 0 Å². The number of aliphatic hydroxyl groups excluding tert-OH is 1. The van der Waals surface area contributed by atoms with Gasteiger partial charge in [0.2, 0.25) is 11.6 Å². The lowest BCUT2D eigenvalue weighted by atomic mass is 9.57. The molecule has 2 fully saturated rings. The smallest absolute Gasteiger partial charge is 0.265 e. The maximum Gasteiger partial charge on any atom is 0.265 e. The molecule has 300 valence electrons. The quantitative estimate of drug-likeness (QED) is 0.133. The van der Waals surface area contributed by atoms with E-state index in [0.29, 0.717) is 24.3 Å². The maximum absolute atomic E-state index is 15.0. The van der Waals surface area contributed by atoms with Gasteiger partial charge in [0.15, 0.2) is 11.4 Å². The van der Waals surface area contributed by atoms with E-state index in [4.69, 9.17) is 14.0 Å². The van der Waals surface area contributed by atoms with Crippen LogP contribution < -0.4 is 19.7 Å². The highest BCUT2D eigenvalue weighted by atomic mass is 16.5. The fourth-order valence-electron chi connectivity index (χ4n) is 9.25. The highest BCUT2D eigenvalue weighted by Crippen LogP contribution is 2.57. The average Bonchev–Trinajstić information content (AvgIpc) is 3.88. The molecule has 1 aliphatic heterocycles. The van der Waals surface area contributed by atoms with E-state index in [1.54, 1.807) is 0 Å². The van der Waals surface area contributed by atoms with Crippen molar-refractivity contribution in [3.05, 3.63) is 111 Å². The predicted molar refractivity (Wildman–Crippen MR) is 217 cm³/mol. The first-order chi connectivity index (χ1) is 27.3. The Hall–Kier alpha value is -4.97. The van der Waals surface area contributed by atoms with Gasteiger partial charge < -0.3 is 34.4 Å². The Labute approximate surface area is 334 Å². The van der Waals surface area contributed by atoms with Gasteiger partial charge in [-0.25, -0.2) is 0 Å². The van der Waals surface area contributed by atoms with Crippen LogP contribution in [0.2, 0.25) is 0 Å². The predicted octanol–water partition coefficient (Wildman–Crippen LogP) is 7.22. The molecule has 3 aliphatic carbocycles. The summed E-state index contributed by atoms with van der Waals surface area (Å²) >= 11 is 0. The summed E-state index contributed by atoms with van der Waals surface area (Å²) in [6.45, 7) is 11.5. The van der Waals surface area contributed by atoms with Gasteiger partial charge in [-0.3, -0.25) is 14.5 Å². The van der Waals surface area contributed by atoms with Gasteiger partial charge >= 0.3 is 0 Å². The summed E-state index contributed by atoms with van der Waals surface area (Å²) in [5.74, 6) is -2.58. The second-order valence-corrected chi connectivity index (χ2v) is 17.5. The number of anilines is 1. The highest BCUT2D eigenvalue weighted by Gasteiger charge is 2.65. The monoisotopic (exact) mass is 774 g/mol. The summed E-state index contributed by atoms with van der Waals surface area (Å²) in [6.07, 6.45) is 2.78. The fraction of sp³-hybridized carbons (Fsp3) is 0.457. The Morgan fingerprint density at radius 2 is 1.60 bits per heavy atom. The molecule has 11 heteroatoms. The molecule has 57 heavy (non-hydrogen) atoms. The van der Waals surface area contributed by atoms with Crippen molar-refractivity contribution in [2.45, 2.75) is 90.8 Å². The Morgan fingerprint density at radius 1 is 0.965 bits per heavy atom. The van der Waals surface area contributed by atoms with Crippen molar-refractivity contribution in [2.75, 3.05) is 32.1 Å². The minimum absolute atomic E-state index is 0.0301. The molecule has 4 aromatic rings. The van der Waals surface area contributed by atoms with Crippen molar-refractivity contribution in [3.63, 3.8) is 0 Å². The van der Waals surface area contributed by atoms with E-state index >= 15 is 4.79 Å². The molecule has 11 nitrogen and oxygen atoms in total. The van der Waals surface area contributed by atoms with Gasteiger partial charge in [0, 0.05) is 42.9 Å². The van der Waals surface area contributed by atoms with Crippen molar-refractivity contribution in [3.8, 4) is 11.6 Å². The van der Waals surface area contributed by atoms with E-state index in [1.165, 1.54) is 0 Å². The fourth-order valence-corrected chi connectivity index (χ4v) is 9.25. The Bertz CT molecular complexity index is 2180. The number of nitrogens with one attached hydrogen (secondary N) is 1. The molecule has 3 N–H and O–H groups in total. The van der Waals surface area contributed by atoms with Crippen LogP contribution in [0.15, 0.2) is 76.8 Å². The zero-order valence-electron chi connectivity index (χ0n) is 33.8. The first kappa shape index (κ1) is 38.9. The van der Waals surface area contributed by atoms with Crippen LogP contribution in [0.5, 0.6) is 11.6 Å². The van der Waals surface area contributed by atoms with Crippen LogP contribution in [-0.2, 0) is 31.0 Å². The van der Waals surface area contributed by atoms with Gasteiger partial charge in [-0.15, -0.1) is 0 Å². The molecular weight excluding hydrogens is 721 g/mol. The van der Waals surface area contributed by atoms with E-state index < -0.39 is 35.0 Å². The van der Waals surface area contributed by atoms with Crippen LogP contribution in [0.4, 0.5) is 5.69 Å². The van der Waals surface area contributed by atoms with Crippen LogP contribution in [0.25, 0.3) is 5.76 Å². The second kappa shape index (κ2) is 15.1. The second-order valence-electron chi connectivity index (χ2n) is 17.5. The molecule has 0 radical (unpaired) electrons. The third-order valence-electron chi connectivity index (χ3n) is 12.7. The number of hydrogen-bond donors (Lipinski definition) is 3. The number of aromatic nitrogens is 1. The Morgan fingerprint density at radius 3 is 2.21 bits per heavy atom. The molecule has 4 aliphatic rings. The Balaban J connectivity index is 1.24. The van der Waals surface area contributed by atoms with Gasteiger partial charge in [-0.2, -0.15) is 0 Å². The highest BCUT2D eigenvalue weighted by molar-refractivity contribution is 6.26. The molecular formula is C46H54N4O7. The summed E-state index contributed by atoms with van der Waals surface area (Å²) in [6, 6.07) is 20.8. The minimum Gasteiger partial charge on any atom is -0.507 e. The van der Waals surface area contributed by atoms with Crippen molar-refractivity contribution >= 4 is 23.0 Å². The number of fused-ring (bicyclic) bond motifs is 4. The lowest BCUT2D eigenvalue weighted by Gasteiger charge is -2.49. The van der Waals surface area contributed by atoms with Gasteiger partial charge in [-0.05, 0) is 91.5 Å². The topological polar surface area (TPSA) is 138 Å². The van der Waals surface area contributed by atoms with Crippen LogP contribution in [-0.4, -0.2) is 70.7 Å².